The summed E-state index contributed by atoms with van der Waals surface area (Å²) in [6.45, 7) is 6.93. The van der Waals surface area contributed by atoms with Gasteiger partial charge in [-0.3, -0.25) is 0 Å². The molecule has 2 aliphatic rings. The van der Waals surface area contributed by atoms with Crippen LogP contribution >= 0.6 is 0 Å². The molecule has 2 fully saturated rings. The Hall–Kier alpha value is -0.0400. The van der Waals surface area contributed by atoms with E-state index in [1.807, 2.05) is 0 Å². The average molecular weight is 224 g/mol. The number of aliphatic hydroxyl groups is 1. The lowest BCUT2D eigenvalue weighted by atomic mass is 9.67. The van der Waals surface area contributed by atoms with Crippen molar-refractivity contribution in [3.05, 3.63) is 0 Å². The molecule has 0 saturated heterocycles. The van der Waals surface area contributed by atoms with E-state index in [1.54, 1.807) is 0 Å². The van der Waals surface area contributed by atoms with Gasteiger partial charge in [0.1, 0.15) is 0 Å². The smallest absolute Gasteiger partial charge is 0.0683 e. The summed E-state index contributed by atoms with van der Waals surface area (Å²) in [7, 11) is 0. The van der Waals surface area contributed by atoms with E-state index in [4.69, 9.17) is 0 Å². The van der Waals surface area contributed by atoms with E-state index in [1.165, 1.54) is 38.5 Å². The van der Waals surface area contributed by atoms with E-state index in [2.05, 4.69) is 20.8 Å². The van der Waals surface area contributed by atoms with Crippen LogP contribution in [0.25, 0.3) is 0 Å². The molecule has 16 heavy (non-hydrogen) atoms. The fourth-order valence-electron chi connectivity index (χ4n) is 4.28. The highest BCUT2D eigenvalue weighted by atomic mass is 16.3. The molecule has 0 spiro atoms. The lowest BCUT2D eigenvalue weighted by Crippen LogP contribution is -2.41. The molecule has 0 aromatic carbocycles. The standard InChI is InChI=1S/C15H28O/c1-4-12-7-5-6-8-13(12)15(16)10-9-14(2,3)11-15/h12-13,16H,4-11H2,1-3H3. The molecule has 1 heteroatoms. The Morgan fingerprint density at radius 3 is 2.38 bits per heavy atom. The van der Waals surface area contributed by atoms with Crippen LogP contribution in [-0.2, 0) is 0 Å². The summed E-state index contributed by atoms with van der Waals surface area (Å²) in [6.07, 6.45) is 9.87. The van der Waals surface area contributed by atoms with E-state index >= 15 is 0 Å². The molecule has 0 aromatic rings. The van der Waals surface area contributed by atoms with Gasteiger partial charge in [0.15, 0.2) is 0 Å². The molecule has 0 amide bonds. The minimum absolute atomic E-state index is 0.329. The van der Waals surface area contributed by atoms with Gasteiger partial charge >= 0.3 is 0 Å². The SMILES string of the molecule is CCC1CCCCC1C1(O)CCC(C)(C)C1. The van der Waals surface area contributed by atoms with Gasteiger partial charge in [0.25, 0.3) is 0 Å². The zero-order valence-corrected chi connectivity index (χ0v) is 11.3. The third kappa shape index (κ3) is 2.30. The minimum Gasteiger partial charge on any atom is -0.390 e. The van der Waals surface area contributed by atoms with Crippen LogP contribution in [0.1, 0.15) is 72.1 Å². The molecule has 3 unspecified atom stereocenters. The Labute approximate surface area is 101 Å². The summed E-state index contributed by atoms with van der Waals surface area (Å²) in [4.78, 5) is 0. The molecular formula is C15H28O. The Kier molecular flexibility index (Phi) is 3.36. The van der Waals surface area contributed by atoms with Crippen LogP contribution in [-0.4, -0.2) is 10.7 Å². The molecule has 0 aromatic heterocycles. The maximum absolute atomic E-state index is 11.0. The van der Waals surface area contributed by atoms with Crippen molar-refractivity contribution < 1.29 is 5.11 Å². The molecule has 3 atom stereocenters. The molecule has 94 valence electrons. The highest BCUT2D eigenvalue weighted by Gasteiger charge is 2.49. The molecule has 1 N–H and O–H groups in total. The molecule has 1 nitrogen and oxygen atoms in total. The van der Waals surface area contributed by atoms with Crippen molar-refractivity contribution in [3.8, 4) is 0 Å². The first-order valence-electron chi connectivity index (χ1n) is 7.19. The van der Waals surface area contributed by atoms with Crippen LogP contribution in [0.2, 0.25) is 0 Å². The predicted molar refractivity (Wildman–Crippen MR) is 68.3 cm³/mol. The Balaban J connectivity index is 2.10. The van der Waals surface area contributed by atoms with Crippen molar-refractivity contribution in [1.82, 2.24) is 0 Å². The van der Waals surface area contributed by atoms with Crippen LogP contribution in [0.15, 0.2) is 0 Å². The van der Waals surface area contributed by atoms with E-state index in [9.17, 15) is 5.11 Å². The number of hydrogen-bond acceptors (Lipinski definition) is 1. The van der Waals surface area contributed by atoms with Gasteiger partial charge < -0.3 is 5.11 Å². The first-order valence-corrected chi connectivity index (χ1v) is 7.19. The van der Waals surface area contributed by atoms with Crippen LogP contribution in [0.3, 0.4) is 0 Å². The van der Waals surface area contributed by atoms with E-state index < -0.39 is 0 Å². The van der Waals surface area contributed by atoms with Gasteiger partial charge in [-0.1, -0.05) is 46.5 Å². The molecule has 0 heterocycles. The summed E-state index contributed by atoms with van der Waals surface area (Å²) >= 11 is 0. The zero-order valence-electron chi connectivity index (χ0n) is 11.3. The second-order valence-corrected chi connectivity index (χ2v) is 7.00. The van der Waals surface area contributed by atoms with E-state index in [-0.39, 0.29) is 5.60 Å². The van der Waals surface area contributed by atoms with Crippen LogP contribution in [0.5, 0.6) is 0 Å². The maximum Gasteiger partial charge on any atom is 0.0683 e. The Morgan fingerprint density at radius 2 is 1.81 bits per heavy atom. The molecule has 2 rings (SSSR count). The van der Waals surface area contributed by atoms with Crippen molar-refractivity contribution in [2.24, 2.45) is 17.3 Å². The lowest BCUT2D eigenvalue weighted by molar-refractivity contribution is -0.0590. The van der Waals surface area contributed by atoms with Crippen molar-refractivity contribution in [1.29, 1.82) is 0 Å². The largest absolute Gasteiger partial charge is 0.390 e. The van der Waals surface area contributed by atoms with Crippen LogP contribution in [0.4, 0.5) is 0 Å². The second kappa shape index (κ2) is 4.33. The lowest BCUT2D eigenvalue weighted by Gasteiger charge is -2.42. The molecule has 2 aliphatic carbocycles. The van der Waals surface area contributed by atoms with Gasteiger partial charge in [-0.05, 0) is 42.9 Å². The predicted octanol–water partition coefficient (Wildman–Crippen LogP) is 4.14. The summed E-state index contributed by atoms with van der Waals surface area (Å²) < 4.78 is 0. The molecule has 0 radical (unpaired) electrons. The normalized spacial score (nSPS) is 43.5. The maximum atomic E-state index is 11.0. The van der Waals surface area contributed by atoms with Gasteiger partial charge in [0.2, 0.25) is 0 Å². The van der Waals surface area contributed by atoms with E-state index in [0.29, 0.717) is 11.3 Å². The van der Waals surface area contributed by atoms with Crippen LogP contribution < -0.4 is 0 Å². The van der Waals surface area contributed by atoms with Crippen molar-refractivity contribution in [2.75, 3.05) is 0 Å². The molecule has 0 bridgehead atoms. The fraction of sp³-hybridized carbons (Fsp3) is 1.00. The highest BCUT2D eigenvalue weighted by molar-refractivity contribution is 5.00. The average Bonchev–Trinajstić information content (AvgIpc) is 2.54. The van der Waals surface area contributed by atoms with Gasteiger partial charge in [-0.15, -0.1) is 0 Å². The second-order valence-electron chi connectivity index (χ2n) is 7.00. The zero-order chi connectivity index (χ0) is 11.8. The van der Waals surface area contributed by atoms with Crippen LogP contribution in [0, 0.1) is 17.3 Å². The molecular weight excluding hydrogens is 196 g/mol. The minimum atomic E-state index is -0.329. The first kappa shape index (κ1) is 12.4. The quantitative estimate of drug-likeness (QED) is 0.747. The van der Waals surface area contributed by atoms with Crippen molar-refractivity contribution >= 4 is 0 Å². The molecule has 0 aliphatic heterocycles. The van der Waals surface area contributed by atoms with E-state index in [0.717, 1.165) is 18.8 Å². The van der Waals surface area contributed by atoms with Gasteiger partial charge in [-0.2, -0.15) is 0 Å². The first-order chi connectivity index (χ1) is 7.47. The van der Waals surface area contributed by atoms with Gasteiger partial charge in [0, 0.05) is 0 Å². The third-order valence-corrected chi connectivity index (χ3v) is 5.14. The Bertz CT molecular complexity index is 246. The Morgan fingerprint density at radius 1 is 1.12 bits per heavy atom. The van der Waals surface area contributed by atoms with Gasteiger partial charge in [0.05, 0.1) is 5.60 Å². The van der Waals surface area contributed by atoms with Crippen molar-refractivity contribution in [3.63, 3.8) is 0 Å². The fourth-order valence-corrected chi connectivity index (χ4v) is 4.28. The summed E-state index contributed by atoms with van der Waals surface area (Å²) in [6, 6.07) is 0. The monoisotopic (exact) mass is 224 g/mol. The molecule has 2 saturated carbocycles. The van der Waals surface area contributed by atoms with Gasteiger partial charge in [-0.25, -0.2) is 0 Å². The topological polar surface area (TPSA) is 20.2 Å². The highest BCUT2D eigenvalue weighted by Crippen LogP contribution is 2.52. The summed E-state index contributed by atoms with van der Waals surface area (Å²) in [5.41, 5.74) is 0.0368. The summed E-state index contributed by atoms with van der Waals surface area (Å²) in [5, 5.41) is 11.0. The number of rotatable bonds is 2. The third-order valence-electron chi connectivity index (χ3n) is 5.14. The van der Waals surface area contributed by atoms with Crippen molar-refractivity contribution in [2.45, 2.75) is 77.7 Å². The number of hydrogen-bond donors (Lipinski definition) is 1. The summed E-state index contributed by atoms with van der Waals surface area (Å²) in [5.74, 6) is 1.38.